The number of halogens is 1. The summed E-state index contributed by atoms with van der Waals surface area (Å²) >= 11 is 7.45. The Bertz CT molecular complexity index is 840. The molecule has 0 radical (unpaired) electrons. The molecule has 8 heteroatoms. The first-order chi connectivity index (χ1) is 13.0. The van der Waals surface area contributed by atoms with Crippen molar-refractivity contribution in [2.75, 3.05) is 18.6 Å². The van der Waals surface area contributed by atoms with Crippen molar-refractivity contribution in [3.8, 4) is 0 Å². The standard InChI is InChI=1S/C19H19ClN2O4S/c1-26-18(24)10-15(16-6-3-7-27-16)21-19(25)12-8-17(23)22(11-12)14-5-2-4-13(20)9-14/h2-7,9,12,15H,8,10-11H2,1H3,(H,21,25)/t12-,15+/m0/s1. The van der Waals surface area contributed by atoms with E-state index < -0.39 is 17.9 Å². The molecule has 2 heterocycles. The van der Waals surface area contributed by atoms with Crippen LogP contribution in [0.3, 0.4) is 0 Å². The van der Waals surface area contributed by atoms with Crippen LogP contribution in [0.2, 0.25) is 5.02 Å². The molecule has 2 atom stereocenters. The minimum atomic E-state index is -0.489. The van der Waals surface area contributed by atoms with Crippen LogP contribution in [-0.4, -0.2) is 31.4 Å². The van der Waals surface area contributed by atoms with Crippen LogP contribution in [0.4, 0.5) is 5.69 Å². The molecule has 1 saturated heterocycles. The van der Waals surface area contributed by atoms with Crippen molar-refractivity contribution in [2.24, 2.45) is 5.92 Å². The number of benzene rings is 1. The molecule has 0 unspecified atom stereocenters. The van der Waals surface area contributed by atoms with E-state index in [2.05, 4.69) is 5.32 Å². The first-order valence-electron chi connectivity index (χ1n) is 8.44. The second-order valence-electron chi connectivity index (χ2n) is 6.24. The zero-order valence-corrected chi connectivity index (χ0v) is 16.3. The molecule has 142 valence electrons. The summed E-state index contributed by atoms with van der Waals surface area (Å²) < 4.78 is 4.73. The van der Waals surface area contributed by atoms with E-state index in [9.17, 15) is 14.4 Å². The highest BCUT2D eigenvalue weighted by Gasteiger charge is 2.36. The normalized spacial score (nSPS) is 17.6. The van der Waals surface area contributed by atoms with Crippen LogP contribution in [0.5, 0.6) is 0 Å². The lowest BCUT2D eigenvalue weighted by atomic mass is 10.1. The van der Waals surface area contributed by atoms with Crippen LogP contribution >= 0.6 is 22.9 Å². The number of methoxy groups -OCH3 is 1. The first kappa shape index (κ1) is 19.4. The number of amides is 2. The quantitative estimate of drug-likeness (QED) is 0.747. The average Bonchev–Trinajstić information content (AvgIpc) is 3.30. The highest BCUT2D eigenvalue weighted by molar-refractivity contribution is 7.10. The molecule has 1 aliphatic heterocycles. The average molecular weight is 407 g/mol. The second-order valence-corrected chi connectivity index (χ2v) is 7.66. The van der Waals surface area contributed by atoms with Gasteiger partial charge in [0.05, 0.1) is 25.5 Å². The summed E-state index contributed by atoms with van der Waals surface area (Å²) in [5, 5.41) is 5.31. The number of ether oxygens (including phenoxy) is 1. The molecule has 0 bridgehead atoms. The van der Waals surface area contributed by atoms with E-state index in [0.29, 0.717) is 10.7 Å². The Kier molecular flexibility index (Phi) is 6.13. The van der Waals surface area contributed by atoms with Crippen molar-refractivity contribution in [1.82, 2.24) is 5.32 Å². The Labute approximate surface area is 166 Å². The van der Waals surface area contributed by atoms with Gasteiger partial charge in [0.15, 0.2) is 0 Å². The highest BCUT2D eigenvalue weighted by atomic mass is 35.5. The molecule has 1 aromatic heterocycles. The van der Waals surface area contributed by atoms with Crippen LogP contribution in [-0.2, 0) is 19.1 Å². The smallest absolute Gasteiger partial charge is 0.307 e. The summed E-state index contributed by atoms with van der Waals surface area (Å²) in [7, 11) is 1.31. The predicted molar refractivity (Wildman–Crippen MR) is 104 cm³/mol. The number of nitrogens with zero attached hydrogens (tertiary/aromatic N) is 1. The number of thiophene rings is 1. The Morgan fingerprint density at radius 1 is 1.37 bits per heavy atom. The van der Waals surface area contributed by atoms with Gasteiger partial charge in [-0.2, -0.15) is 0 Å². The number of carbonyl (C=O) groups excluding carboxylic acids is 3. The van der Waals surface area contributed by atoms with Gasteiger partial charge < -0.3 is 15.0 Å². The predicted octanol–water partition coefficient (Wildman–Crippen LogP) is 3.18. The summed E-state index contributed by atoms with van der Waals surface area (Å²) in [6.07, 6.45) is 0.162. The molecule has 0 spiro atoms. The molecular formula is C19H19ClN2O4S. The number of hydrogen-bond acceptors (Lipinski definition) is 5. The van der Waals surface area contributed by atoms with Crippen molar-refractivity contribution < 1.29 is 19.1 Å². The molecule has 0 aliphatic carbocycles. The second kappa shape index (κ2) is 8.54. The molecule has 2 aromatic rings. The van der Waals surface area contributed by atoms with Crippen molar-refractivity contribution in [2.45, 2.75) is 18.9 Å². The third kappa shape index (κ3) is 4.67. The van der Waals surface area contributed by atoms with E-state index in [1.54, 1.807) is 29.2 Å². The number of carbonyl (C=O) groups is 3. The van der Waals surface area contributed by atoms with E-state index in [4.69, 9.17) is 16.3 Å². The fraction of sp³-hybridized carbons (Fsp3) is 0.316. The van der Waals surface area contributed by atoms with Crippen molar-refractivity contribution in [3.05, 3.63) is 51.7 Å². The Hall–Kier alpha value is -2.38. The Morgan fingerprint density at radius 3 is 2.85 bits per heavy atom. The molecule has 1 N–H and O–H groups in total. The van der Waals surface area contributed by atoms with Gasteiger partial charge >= 0.3 is 5.97 Å². The zero-order chi connectivity index (χ0) is 19.4. The molecule has 1 fully saturated rings. The largest absolute Gasteiger partial charge is 0.469 e. The minimum Gasteiger partial charge on any atom is -0.469 e. The first-order valence-corrected chi connectivity index (χ1v) is 9.70. The van der Waals surface area contributed by atoms with Gasteiger partial charge in [0.1, 0.15) is 0 Å². The molecule has 2 amide bonds. The van der Waals surface area contributed by atoms with E-state index in [1.165, 1.54) is 18.4 Å². The maximum absolute atomic E-state index is 12.7. The molecule has 1 aliphatic rings. The summed E-state index contributed by atoms with van der Waals surface area (Å²) in [6.45, 7) is 0.278. The van der Waals surface area contributed by atoms with Crippen LogP contribution < -0.4 is 10.2 Å². The molecule has 3 rings (SSSR count). The lowest BCUT2D eigenvalue weighted by molar-refractivity contribution is -0.141. The fourth-order valence-corrected chi connectivity index (χ4v) is 3.99. The van der Waals surface area contributed by atoms with Crippen LogP contribution in [0.25, 0.3) is 0 Å². The van der Waals surface area contributed by atoms with Crippen LogP contribution in [0.1, 0.15) is 23.8 Å². The van der Waals surface area contributed by atoms with Gasteiger partial charge in [-0.15, -0.1) is 11.3 Å². The number of esters is 1. The topological polar surface area (TPSA) is 75.7 Å². The molecule has 27 heavy (non-hydrogen) atoms. The summed E-state index contributed by atoms with van der Waals surface area (Å²) in [6, 6.07) is 10.2. The zero-order valence-electron chi connectivity index (χ0n) is 14.7. The van der Waals surface area contributed by atoms with Gasteiger partial charge in [-0.1, -0.05) is 23.7 Å². The van der Waals surface area contributed by atoms with Crippen molar-refractivity contribution in [3.63, 3.8) is 0 Å². The van der Waals surface area contributed by atoms with Crippen molar-refractivity contribution in [1.29, 1.82) is 0 Å². The number of nitrogens with one attached hydrogen (secondary N) is 1. The van der Waals surface area contributed by atoms with E-state index >= 15 is 0 Å². The minimum absolute atomic E-state index is 0.0431. The number of rotatable bonds is 6. The monoisotopic (exact) mass is 406 g/mol. The number of anilines is 1. The third-order valence-corrected chi connectivity index (χ3v) is 5.64. The molecule has 1 aromatic carbocycles. The molecular weight excluding hydrogens is 388 g/mol. The van der Waals surface area contributed by atoms with Gasteiger partial charge in [-0.25, -0.2) is 0 Å². The summed E-state index contributed by atoms with van der Waals surface area (Å²) in [5.41, 5.74) is 0.673. The van der Waals surface area contributed by atoms with E-state index in [1.807, 2.05) is 17.5 Å². The van der Waals surface area contributed by atoms with Gasteiger partial charge in [0.2, 0.25) is 11.8 Å². The lowest BCUT2D eigenvalue weighted by Gasteiger charge is -2.20. The third-order valence-electron chi connectivity index (χ3n) is 4.42. The Morgan fingerprint density at radius 2 is 2.19 bits per heavy atom. The van der Waals surface area contributed by atoms with Crippen molar-refractivity contribution >= 4 is 46.4 Å². The van der Waals surface area contributed by atoms with Crippen LogP contribution in [0, 0.1) is 5.92 Å². The maximum atomic E-state index is 12.7. The number of hydrogen-bond donors (Lipinski definition) is 1. The SMILES string of the molecule is COC(=O)C[C@@H](NC(=O)[C@H]1CC(=O)N(c2cccc(Cl)c2)C1)c1cccs1. The van der Waals surface area contributed by atoms with Gasteiger partial charge in [-0.05, 0) is 29.6 Å². The molecule has 6 nitrogen and oxygen atoms in total. The van der Waals surface area contributed by atoms with Crippen LogP contribution in [0.15, 0.2) is 41.8 Å². The Balaban J connectivity index is 1.69. The maximum Gasteiger partial charge on any atom is 0.307 e. The highest BCUT2D eigenvalue weighted by Crippen LogP contribution is 2.29. The van der Waals surface area contributed by atoms with E-state index in [-0.39, 0.29) is 31.2 Å². The van der Waals surface area contributed by atoms with Gasteiger partial charge in [0, 0.05) is 28.6 Å². The summed E-state index contributed by atoms with van der Waals surface area (Å²) in [5.74, 6) is -1.28. The van der Waals surface area contributed by atoms with Gasteiger partial charge in [-0.3, -0.25) is 14.4 Å². The van der Waals surface area contributed by atoms with Gasteiger partial charge in [0.25, 0.3) is 0 Å². The summed E-state index contributed by atoms with van der Waals surface area (Å²) in [4.78, 5) is 39.2. The lowest BCUT2D eigenvalue weighted by Crippen LogP contribution is -2.36. The fourth-order valence-electron chi connectivity index (χ4n) is 3.03. The van der Waals surface area contributed by atoms with E-state index in [0.717, 1.165) is 4.88 Å². The molecule has 0 saturated carbocycles.